The Morgan fingerprint density at radius 2 is 2.39 bits per heavy atom. The van der Waals surface area contributed by atoms with Crippen LogP contribution in [0.1, 0.15) is 18.4 Å². The van der Waals surface area contributed by atoms with Gasteiger partial charge in [0.15, 0.2) is 5.15 Å². The van der Waals surface area contributed by atoms with Crippen molar-refractivity contribution in [3.63, 3.8) is 0 Å². The number of amides is 1. The van der Waals surface area contributed by atoms with Gasteiger partial charge in [0.2, 0.25) is 5.91 Å². The van der Waals surface area contributed by atoms with Crippen molar-refractivity contribution in [3.8, 4) is 0 Å². The largest absolute Gasteiger partial charge is 0.385 e. The number of ether oxygens (including phenoxy) is 1. The smallest absolute Gasteiger partial charge is 0.241 e. The molecule has 0 radical (unpaired) electrons. The summed E-state index contributed by atoms with van der Waals surface area (Å²) in [5, 5.41) is 2.94. The number of anilines is 1. The van der Waals surface area contributed by atoms with Crippen LogP contribution in [-0.4, -0.2) is 30.6 Å². The molecular weight excluding hydrogens is 254 g/mol. The summed E-state index contributed by atoms with van der Waals surface area (Å²) in [6, 6.07) is 1.19. The summed E-state index contributed by atoms with van der Waals surface area (Å²) in [5.74, 6) is -0.264. The summed E-state index contributed by atoms with van der Waals surface area (Å²) >= 11 is 5.89. The number of hydrogen-bond acceptors (Lipinski definition) is 4. The average molecular weight is 272 g/mol. The zero-order chi connectivity index (χ0) is 13.5. The first-order valence-corrected chi connectivity index (χ1v) is 6.10. The summed E-state index contributed by atoms with van der Waals surface area (Å²) in [7, 11) is 1.61. The number of nitrogens with zero attached hydrogens (tertiary/aromatic N) is 1. The van der Waals surface area contributed by atoms with Crippen LogP contribution in [0.2, 0.25) is 5.15 Å². The molecule has 0 aliphatic rings. The van der Waals surface area contributed by atoms with Crippen molar-refractivity contribution < 1.29 is 9.53 Å². The van der Waals surface area contributed by atoms with E-state index >= 15 is 0 Å². The molecule has 18 heavy (non-hydrogen) atoms. The van der Waals surface area contributed by atoms with Crippen molar-refractivity contribution in [2.45, 2.75) is 25.8 Å². The third-order valence-corrected chi connectivity index (χ3v) is 2.74. The maximum atomic E-state index is 11.8. The van der Waals surface area contributed by atoms with Gasteiger partial charge in [-0.3, -0.25) is 4.79 Å². The zero-order valence-corrected chi connectivity index (χ0v) is 11.3. The fourth-order valence-corrected chi connectivity index (χ4v) is 1.59. The van der Waals surface area contributed by atoms with Crippen LogP contribution in [0.4, 0.5) is 5.69 Å². The van der Waals surface area contributed by atoms with E-state index in [-0.39, 0.29) is 11.1 Å². The molecule has 0 aromatic carbocycles. The van der Waals surface area contributed by atoms with Crippen molar-refractivity contribution in [1.82, 2.24) is 4.98 Å². The van der Waals surface area contributed by atoms with Crippen molar-refractivity contribution in [2.75, 3.05) is 19.0 Å². The van der Waals surface area contributed by atoms with Crippen LogP contribution < -0.4 is 11.1 Å². The van der Waals surface area contributed by atoms with Gasteiger partial charge in [0.1, 0.15) is 0 Å². The SMILES string of the molecule is COCCCC(N)C(=O)Nc1cc(C)cnc1Cl. The first-order chi connectivity index (χ1) is 8.54. The number of nitrogens with two attached hydrogens (primary N) is 1. The van der Waals surface area contributed by atoms with Gasteiger partial charge in [-0.15, -0.1) is 0 Å². The molecule has 0 saturated heterocycles. The number of aryl methyl sites for hydroxylation is 1. The lowest BCUT2D eigenvalue weighted by Gasteiger charge is -2.12. The highest BCUT2D eigenvalue weighted by Crippen LogP contribution is 2.19. The van der Waals surface area contributed by atoms with Crippen molar-refractivity contribution in [1.29, 1.82) is 0 Å². The molecule has 0 aliphatic heterocycles. The van der Waals surface area contributed by atoms with E-state index in [4.69, 9.17) is 22.1 Å². The summed E-state index contributed by atoms with van der Waals surface area (Å²) in [6.45, 7) is 2.46. The molecule has 0 spiro atoms. The minimum absolute atomic E-state index is 0.262. The normalized spacial score (nSPS) is 12.2. The molecule has 1 aromatic heterocycles. The van der Waals surface area contributed by atoms with Gasteiger partial charge in [-0.05, 0) is 31.4 Å². The number of rotatable bonds is 6. The molecule has 0 fully saturated rings. The second kappa shape index (κ2) is 7.31. The first kappa shape index (κ1) is 14.9. The number of pyridine rings is 1. The molecule has 1 rings (SSSR count). The Balaban J connectivity index is 2.55. The van der Waals surface area contributed by atoms with Crippen LogP contribution in [0.5, 0.6) is 0 Å². The number of halogens is 1. The number of methoxy groups -OCH3 is 1. The predicted octanol–water partition coefficient (Wildman–Crippen LogP) is 1.74. The number of nitrogens with one attached hydrogen (secondary N) is 1. The molecule has 1 heterocycles. The Morgan fingerprint density at radius 3 is 3.06 bits per heavy atom. The quantitative estimate of drug-likeness (QED) is 0.610. The topological polar surface area (TPSA) is 77.2 Å². The second-order valence-corrected chi connectivity index (χ2v) is 4.44. The second-order valence-electron chi connectivity index (χ2n) is 4.08. The van der Waals surface area contributed by atoms with Crippen molar-refractivity contribution >= 4 is 23.2 Å². The Labute approximate surface area is 112 Å². The van der Waals surface area contributed by atoms with Crippen LogP contribution in [0.25, 0.3) is 0 Å². The van der Waals surface area contributed by atoms with E-state index in [1.807, 2.05) is 6.92 Å². The number of carbonyl (C=O) groups is 1. The standard InChI is InChI=1S/C12H18ClN3O2/c1-8-6-10(11(13)15-7-8)16-12(17)9(14)4-3-5-18-2/h6-7,9H,3-5,14H2,1-2H3,(H,16,17). The maximum Gasteiger partial charge on any atom is 0.241 e. The van der Waals surface area contributed by atoms with E-state index in [1.165, 1.54) is 0 Å². The van der Waals surface area contributed by atoms with E-state index < -0.39 is 6.04 Å². The Bertz CT molecular complexity index is 412. The van der Waals surface area contributed by atoms with E-state index in [0.717, 1.165) is 12.0 Å². The van der Waals surface area contributed by atoms with Crippen LogP contribution in [0.15, 0.2) is 12.3 Å². The van der Waals surface area contributed by atoms with Gasteiger partial charge in [-0.1, -0.05) is 11.6 Å². The fourth-order valence-electron chi connectivity index (χ4n) is 1.44. The molecule has 6 heteroatoms. The highest BCUT2D eigenvalue weighted by Gasteiger charge is 2.14. The van der Waals surface area contributed by atoms with Gasteiger partial charge in [0.05, 0.1) is 11.7 Å². The predicted molar refractivity (Wildman–Crippen MR) is 71.7 cm³/mol. The van der Waals surface area contributed by atoms with Gasteiger partial charge in [-0.25, -0.2) is 4.98 Å². The summed E-state index contributed by atoms with van der Waals surface area (Å²) in [5.41, 5.74) is 7.17. The monoisotopic (exact) mass is 271 g/mol. The molecule has 1 atom stereocenters. The summed E-state index contributed by atoms with van der Waals surface area (Å²) in [6.07, 6.45) is 2.94. The third-order valence-electron chi connectivity index (χ3n) is 2.43. The van der Waals surface area contributed by atoms with Gasteiger partial charge >= 0.3 is 0 Å². The number of hydrogen-bond donors (Lipinski definition) is 2. The highest BCUT2D eigenvalue weighted by molar-refractivity contribution is 6.32. The average Bonchev–Trinajstić information content (AvgIpc) is 2.34. The van der Waals surface area contributed by atoms with Crippen LogP contribution in [0.3, 0.4) is 0 Å². The van der Waals surface area contributed by atoms with E-state index in [2.05, 4.69) is 10.3 Å². The van der Waals surface area contributed by atoms with Crippen molar-refractivity contribution in [3.05, 3.63) is 23.0 Å². The molecule has 1 aromatic rings. The van der Waals surface area contributed by atoms with E-state index in [9.17, 15) is 4.79 Å². The molecule has 0 aliphatic carbocycles. The van der Waals surface area contributed by atoms with Gasteiger partial charge in [0.25, 0.3) is 0 Å². The molecular formula is C12H18ClN3O2. The molecule has 0 saturated carbocycles. The number of carbonyl (C=O) groups excluding carboxylic acids is 1. The molecule has 1 amide bonds. The molecule has 100 valence electrons. The molecule has 1 unspecified atom stereocenters. The van der Waals surface area contributed by atoms with E-state index in [1.54, 1.807) is 19.4 Å². The lowest BCUT2D eigenvalue weighted by atomic mass is 10.1. The van der Waals surface area contributed by atoms with Gasteiger partial charge < -0.3 is 15.8 Å². The molecule has 5 nitrogen and oxygen atoms in total. The Morgan fingerprint density at radius 1 is 1.67 bits per heavy atom. The van der Waals surface area contributed by atoms with E-state index in [0.29, 0.717) is 18.7 Å². The maximum absolute atomic E-state index is 11.8. The van der Waals surface area contributed by atoms with Crippen LogP contribution in [-0.2, 0) is 9.53 Å². The Hall–Kier alpha value is -1.17. The number of aromatic nitrogens is 1. The highest BCUT2D eigenvalue weighted by atomic mass is 35.5. The van der Waals surface area contributed by atoms with Crippen LogP contribution in [0, 0.1) is 6.92 Å². The van der Waals surface area contributed by atoms with Crippen LogP contribution >= 0.6 is 11.6 Å². The molecule has 3 N–H and O–H groups in total. The lowest BCUT2D eigenvalue weighted by Crippen LogP contribution is -2.35. The van der Waals surface area contributed by atoms with Crippen molar-refractivity contribution in [2.24, 2.45) is 5.73 Å². The minimum Gasteiger partial charge on any atom is -0.385 e. The van der Waals surface area contributed by atoms with Gasteiger partial charge in [0, 0.05) is 19.9 Å². The first-order valence-electron chi connectivity index (χ1n) is 5.72. The van der Waals surface area contributed by atoms with Gasteiger partial charge in [-0.2, -0.15) is 0 Å². The third kappa shape index (κ3) is 4.60. The Kier molecular flexibility index (Phi) is 6.04. The fraction of sp³-hybridized carbons (Fsp3) is 0.500. The zero-order valence-electron chi connectivity index (χ0n) is 10.6. The summed E-state index contributed by atoms with van der Waals surface area (Å²) < 4.78 is 4.91. The molecule has 0 bridgehead atoms. The minimum atomic E-state index is -0.572. The lowest BCUT2D eigenvalue weighted by molar-refractivity contribution is -0.117. The summed E-state index contributed by atoms with van der Waals surface area (Å²) in [4.78, 5) is 15.8.